The fourth-order valence-corrected chi connectivity index (χ4v) is 4.65. The van der Waals surface area contributed by atoms with Gasteiger partial charge in [0.1, 0.15) is 10.4 Å². The second kappa shape index (κ2) is 7.46. The van der Waals surface area contributed by atoms with Crippen LogP contribution in [-0.2, 0) is 10.0 Å². The van der Waals surface area contributed by atoms with Crippen molar-refractivity contribution < 1.29 is 13.2 Å². The summed E-state index contributed by atoms with van der Waals surface area (Å²) in [7, 11) is -2.55. The molecule has 1 N–H and O–H groups in total. The maximum absolute atomic E-state index is 13.0. The molecule has 146 valence electrons. The molecule has 1 fully saturated rings. The molecule has 0 unspecified atom stereocenters. The van der Waals surface area contributed by atoms with Crippen molar-refractivity contribution in [2.75, 3.05) is 11.4 Å². The van der Waals surface area contributed by atoms with Gasteiger partial charge in [0, 0.05) is 12.6 Å². The Labute approximate surface area is 169 Å². The highest BCUT2D eigenvalue weighted by Crippen LogP contribution is 2.39. The van der Waals surface area contributed by atoms with Gasteiger partial charge in [-0.2, -0.15) is 5.26 Å². The van der Waals surface area contributed by atoms with Crippen LogP contribution in [0.15, 0.2) is 53.4 Å². The van der Waals surface area contributed by atoms with Crippen LogP contribution in [0, 0.1) is 17.2 Å². The lowest BCUT2D eigenvalue weighted by molar-refractivity contribution is 0.0917. The molecule has 8 heteroatoms. The van der Waals surface area contributed by atoms with Crippen molar-refractivity contribution in [1.29, 1.82) is 5.26 Å². The zero-order valence-corrected chi connectivity index (χ0v) is 17.1. The second-order valence-corrected chi connectivity index (χ2v) is 9.34. The normalized spacial score (nSPS) is 15.9. The van der Waals surface area contributed by atoms with E-state index in [9.17, 15) is 18.5 Å². The molecule has 3 rings (SSSR count). The summed E-state index contributed by atoms with van der Waals surface area (Å²) < 4.78 is 27.2. The number of carbonyl (C=O) groups is 1. The van der Waals surface area contributed by atoms with Crippen molar-refractivity contribution in [3.05, 3.63) is 59.1 Å². The average Bonchev–Trinajstić information content (AvgIpc) is 3.54. The van der Waals surface area contributed by atoms with Crippen molar-refractivity contribution >= 4 is 33.2 Å². The number of nitrogens with zero attached hydrogens (tertiary/aromatic N) is 2. The van der Waals surface area contributed by atoms with Crippen LogP contribution >= 0.6 is 11.6 Å². The molecule has 0 bridgehead atoms. The lowest BCUT2D eigenvalue weighted by atomic mass is 9.97. The zero-order chi connectivity index (χ0) is 20.5. The first kappa shape index (κ1) is 20.2. The number of hydrogen-bond donors (Lipinski definition) is 1. The first-order valence-corrected chi connectivity index (χ1v) is 10.6. The minimum Gasteiger partial charge on any atom is -0.334 e. The minimum atomic E-state index is -3.98. The molecule has 28 heavy (non-hydrogen) atoms. The van der Waals surface area contributed by atoms with Crippen LogP contribution < -0.4 is 9.62 Å². The van der Waals surface area contributed by atoms with E-state index in [1.807, 2.05) is 0 Å². The van der Waals surface area contributed by atoms with Gasteiger partial charge in [-0.25, -0.2) is 8.42 Å². The Morgan fingerprint density at radius 2 is 1.89 bits per heavy atom. The highest BCUT2D eigenvalue weighted by molar-refractivity contribution is 7.93. The number of benzene rings is 2. The van der Waals surface area contributed by atoms with Gasteiger partial charge in [0.05, 0.1) is 16.8 Å². The number of nitrogens with one attached hydrogen (secondary N) is 1. The van der Waals surface area contributed by atoms with Crippen molar-refractivity contribution in [1.82, 2.24) is 5.32 Å². The number of halogens is 1. The molecule has 1 aliphatic rings. The Morgan fingerprint density at radius 3 is 2.46 bits per heavy atom. The second-order valence-electron chi connectivity index (χ2n) is 7.00. The van der Waals surface area contributed by atoms with Crippen LogP contribution in [0.3, 0.4) is 0 Å². The third kappa shape index (κ3) is 3.84. The molecular weight excluding hydrogens is 398 g/mol. The van der Waals surface area contributed by atoms with Crippen LogP contribution in [0.5, 0.6) is 0 Å². The predicted octanol–water partition coefficient (Wildman–Crippen LogP) is 3.59. The SMILES string of the molecule is CN(c1ccccc1)S(=O)(=O)c1cc(C(=O)N[C@@](C)(C#N)C2CC2)ccc1Cl. The Morgan fingerprint density at radius 1 is 1.25 bits per heavy atom. The number of hydrogen-bond acceptors (Lipinski definition) is 4. The van der Waals surface area contributed by atoms with Gasteiger partial charge < -0.3 is 5.32 Å². The molecule has 0 heterocycles. The van der Waals surface area contributed by atoms with E-state index in [4.69, 9.17) is 11.6 Å². The molecule has 0 aromatic heterocycles. The molecule has 2 aromatic rings. The van der Waals surface area contributed by atoms with E-state index >= 15 is 0 Å². The first-order valence-electron chi connectivity index (χ1n) is 8.76. The lowest BCUT2D eigenvalue weighted by Gasteiger charge is -2.23. The molecule has 0 radical (unpaired) electrons. The predicted molar refractivity (Wildman–Crippen MR) is 108 cm³/mol. The van der Waals surface area contributed by atoms with Crippen LogP contribution in [-0.4, -0.2) is 26.9 Å². The van der Waals surface area contributed by atoms with Gasteiger partial charge >= 0.3 is 0 Å². The lowest BCUT2D eigenvalue weighted by Crippen LogP contribution is -2.46. The largest absolute Gasteiger partial charge is 0.334 e. The maximum Gasteiger partial charge on any atom is 0.265 e. The smallest absolute Gasteiger partial charge is 0.265 e. The van der Waals surface area contributed by atoms with Crippen molar-refractivity contribution in [2.45, 2.75) is 30.2 Å². The quantitative estimate of drug-likeness (QED) is 0.777. The van der Waals surface area contributed by atoms with Gasteiger partial charge in [0.15, 0.2) is 0 Å². The van der Waals surface area contributed by atoms with E-state index in [0.717, 1.165) is 17.1 Å². The number of carbonyl (C=O) groups excluding carboxylic acids is 1. The van der Waals surface area contributed by atoms with E-state index in [0.29, 0.717) is 5.69 Å². The van der Waals surface area contributed by atoms with E-state index in [1.165, 1.54) is 25.2 Å². The summed E-state index contributed by atoms with van der Waals surface area (Å²) >= 11 is 6.15. The van der Waals surface area contributed by atoms with Gasteiger partial charge in [-0.15, -0.1) is 0 Å². The van der Waals surface area contributed by atoms with Gasteiger partial charge in [-0.3, -0.25) is 9.10 Å². The number of sulfonamides is 1. The summed E-state index contributed by atoms with van der Waals surface area (Å²) in [6.45, 7) is 1.68. The molecule has 1 amide bonds. The third-order valence-electron chi connectivity index (χ3n) is 4.95. The summed E-state index contributed by atoms with van der Waals surface area (Å²) in [5.74, 6) is -0.396. The summed E-state index contributed by atoms with van der Waals surface area (Å²) in [6.07, 6.45) is 1.76. The summed E-state index contributed by atoms with van der Waals surface area (Å²) in [4.78, 5) is 12.5. The number of amides is 1. The minimum absolute atomic E-state index is 0.0181. The summed E-state index contributed by atoms with van der Waals surface area (Å²) in [5.41, 5.74) is -0.373. The molecule has 0 spiro atoms. The Bertz CT molecular complexity index is 1050. The molecule has 1 saturated carbocycles. The summed E-state index contributed by atoms with van der Waals surface area (Å²) in [5, 5.41) is 12.2. The average molecular weight is 418 g/mol. The van der Waals surface area contributed by atoms with Gasteiger partial charge in [0.2, 0.25) is 0 Å². The Kier molecular flexibility index (Phi) is 5.37. The van der Waals surface area contributed by atoms with Crippen LogP contribution in [0.2, 0.25) is 5.02 Å². The number of nitriles is 1. The maximum atomic E-state index is 13.0. The summed E-state index contributed by atoms with van der Waals surface area (Å²) in [6, 6.07) is 14.8. The standard InChI is InChI=1S/C20H20ClN3O3S/c1-20(13-22,15-9-10-15)23-19(25)14-8-11-17(21)18(12-14)28(26,27)24(2)16-6-4-3-5-7-16/h3-8,11-12,15H,9-10H2,1-2H3,(H,23,25)/t20-/m0/s1. The molecule has 1 aliphatic carbocycles. The zero-order valence-electron chi connectivity index (χ0n) is 15.5. The van der Waals surface area contributed by atoms with Crippen molar-refractivity contribution in [3.8, 4) is 6.07 Å². The van der Waals surface area contributed by atoms with Gasteiger partial charge in [-0.1, -0.05) is 29.8 Å². The van der Waals surface area contributed by atoms with Gasteiger partial charge in [0.25, 0.3) is 15.9 Å². The fraction of sp³-hybridized carbons (Fsp3) is 0.300. The van der Waals surface area contributed by atoms with E-state index in [-0.39, 0.29) is 21.4 Å². The molecule has 0 saturated heterocycles. The molecule has 0 aliphatic heterocycles. The highest BCUT2D eigenvalue weighted by atomic mass is 35.5. The van der Waals surface area contributed by atoms with Crippen LogP contribution in [0.1, 0.15) is 30.1 Å². The molecule has 6 nitrogen and oxygen atoms in total. The molecule has 2 aromatic carbocycles. The Balaban J connectivity index is 1.93. The third-order valence-corrected chi connectivity index (χ3v) is 7.22. The van der Waals surface area contributed by atoms with Gasteiger partial charge in [-0.05, 0) is 56.0 Å². The Hall–Kier alpha value is -2.56. The number of rotatable bonds is 6. The fourth-order valence-electron chi connectivity index (χ4n) is 2.96. The van der Waals surface area contributed by atoms with E-state index in [2.05, 4.69) is 11.4 Å². The van der Waals surface area contributed by atoms with E-state index < -0.39 is 21.5 Å². The first-order chi connectivity index (χ1) is 13.2. The monoisotopic (exact) mass is 417 g/mol. The van der Waals surface area contributed by atoms with Crippen molar-refractivity contribution in [2.24, 2.45) is 5.92 Å². The number of para-hydroxylation sites is 1. The molecule has 1 atom stereocenters. The van der Waals surface area contributed by atoms with Crippen molar-refractivity contribution in [3.63, 3.8) is 0 Å². The highest BCUT2D eigenvalue weighted by Gasteiger charge is 2.43. The number of anilines is 1. The van der Waals surface area contributed by atoms with E-state index in [1.54, 1.807) is 37.3 Å². The van der Waals surface area contributed by atoms with Crippen LogP contribution in [0.4, 0.5) is 5.69 Å². The topological polar surface area (TPSA) is 90.3 Å². The van der Waals surface area contributed by atoms with Crippen LogP contribution in [0.25, 0.3) is 0 Å². The molecular formula is C20H20ClN3O3S.